The summed E-state index contributed by atoms with van der Waals surface area (Å²) in [6.07, 6.45) is 6.92. The lowest BCUT2D eigenvalue weighted by Crippen LogP contribution is -2.46. The molecule has 0 unspecified atom stereocenters. The van der Waals surface area contributed by atoms with Crippen LogP contribution in [0.5, 0.6) is 0 Å². The highest BCUT2D eigenvalue weighted by molar-refractivity contribution is 5.85. The second-order valence-corrected chi connectivity index (χ2v) is 5.12. The van der Waals surface area contributed by atoms with Crippen molar-refractivity contribution < 1.29 is 4.79 Å². The van der Waals surface area contributed by atoms with Crippen molar-refractivity contribution in [2.24, 2.45) is 11.7 Å². The smallest absolute Gasteiger partial charge is 0.239 e. The van der Waals surface area contributed by atoms with Crippen LogP contribution in [0.4, 0.5) is 0 Å². The molecule has 1 aromatic rings. The number of pyridine rings is 1. The van der Waals surface area contributed by atoms with Crippen LogP contribution in [-0.2, 0) is 11.2 Å². The Bertz CT molecular complexity index is 389. The van der Waals surface area contributed by atoms with Gasteiger partial charge in [-0.15, -0.1) is 12.4 Å². The van der Waals surface area contributed by atoms with Crippen molar-refractivity contribution in [1.82, 2.24) is 9.88 Å². The molecule has 2 N–H and O–H groups in total. The summed E-state index contributed by atoms with van der Waals surface area (Å²) in [5.74, 6) is 0.737. The minimum Gasteiger partial charge on any atom is -0.341 e. The third kappa shape index (κ3) is 4.48. The first-order valence-corrected chi connectivity index (χ1v) is 6.60. The minimum absolute atomic E-state index is 0. The number of aromatic nitrogens is 1. The number of likely N-dealkylation sites (tertiary alicyclic amines) is 1. The van der Waals surface area contributed by atoms with Crippen LogP contribution in [0.3, 0.4) is 0 Å². The number of halogens is 1. The number of piperidine rings is 1. The van der Waals surface area contributed by atoms with Crippen LogP contribution in [0.15, 0.2) is 24.5 Å². The van der Waals surface area contributed by atoms with Crippen LogP contribution in [0.2, 0.25) is 0 Å². The Morgan fingerprint density at radius 2 is 2.21 bits per heavy atom. The van der Waals surface area contributed by atoms with Crippen LogP contribution in [0.1, 0.15) is 25.3 Å². The van der Waals surface area contributed by atoms with E-state index in [0.717, 1.165) is 32.4 Å². The Morgan fingerprint density at radius 1 is 1.53 bits per heavy atom. The van der Waals surface area contributed by atoms with Gasteiger partial charge in [0.15, 0.2) is 0 Å². The number of nitrogens with two attached hydrogens (primary N) is 1. The molecular formula is C14H22ClN3O. The van der Waals surface area contributed by atoms with Gasteiger partial charge < -0.3 is 10.6 Å². The van der Waals surface area contributed by atoms with Crippen LogP contribution >= 0.6 is 12.4 Å². The fourth-order valence-corrected chi connectivity index (χ4v) is 2.50. The quantitative estimate of drug-likeness (QED) is 0.917. The Hall–Kier alpha value is -1.13. The number of hydrogen-bond acceptors (Lipinski definition) is 3. The Labute approximate surface area is 120 Å². The van der Waals surface area contributed by atoms with Gasteiger partial charge in [-0.25, -0.2) is 0 Å². The molecule has 2 rings (SSSR count). The predicted octanol–water partition coefficient (Wildman–Crippen LogP) is 1.63. The first-order chi connectivity index (χ1) is 8.66. The van der Waals surface area contributed by atoms with E-state index >= 15 is 0 Å². The summed E-state index contributed by atoms with van der Waals surface area (Å²) in [7, 11) is 0. The van der Waals surface area contributed by atoms with Gasteiger partial charge in [-0.05, 0) is 43.7 Å². The summed E-state index contributed by atoms with van der Waals surface area (Å²) in [5.41, 5.74) is 6.91. The highest BCUT2D eigenvalue weighted by atomic mass is 35.5. The van der Waals surface area contributed by atoms with E-state index < -0.39 is 0 Å². The van der Waals surface area contributed by atoms with Gasteiger partial charge in [0.05, 0.1) is 6.04 Å². The molecule has 1 saturated heterocycles. The molecule has 19 heavy (non-hydrogen) atoms. The molecule has 4 nitrogen and oxygen atoms in total. The molecule has 0 aromatic carbocycles. The van der Waals surface area contributed by atoms with E-state index in [9.17, 15) is 4.79 Å². The highest BCUT2D eigenvalue weighted by Crippen LogP contribution is 2.21. The van der Waals surface area contributed by atoms with Gasteiger partial charge in [0.25, 0.3) is 0 Å². The normalized spacial score (nSPS) is 17.7. The molecule has 0 spiro atoms. The molecular weight excluding hydrogens is 262 g/mol. The van der Waals surface area contributed by atoms with Crippen LogP contribution < -0.4 is 5.73 Å². The molecule has 1 aliphatic heterocycles. The molecule has 1 amide bonds. The predicted molar refractivity (Wildman–Crippen MR) is 78.1 cm³/mol. The number of amides is 1. The zero-order chi connectivity index (χ0) is 13.0. The summed E-state index contributed by atoms with van der Waals surface area (Å²) in [5, 5.41) is 0. The molecule has 5 heteroatoms. The van der Waals surface area contributed by atoms with E-state index in [1.165, 1.54) is 5.56 Å². The fourth-order valence-electron chi connectivity index (χ4n) is 2.50. The molecule has 1 aliphatic rings. The van der Waals surface area contributed by atoms with Crippen molar-refractivity contribution in [2.45, 2.75) is 32.2 Å². The monoisotopic (exact) mass is 283 g/mol. The zero-order valence-corrected chi connectivity index (χ0v) is 12.1. The summed E-state index contributed by atoms with van der Waals surface area (Å²) < 4.78 is 0. The third-order valence-electron chi connectivity index (χ3n) is 3.56. The van der Waals surface area contributed by atoms with Gasteiger partial charge >= 0.3 is 0 Å². The van der Waals surface area contributed by atoms with Crippen molar-refractivity contribution in [2.75, 3.05) is 13.1 Å². The average Bonchev–Trinajstić information content (AvgIpc) is 2.40. The number of carbonyl (C=O) groups is 1. The van der Waals surface area contributed by atoms with E-state index in [1.54, 1.807) is 13.1 Å². The lowest BCUT2D eigenvalue weighted by Gasteiger charge is -2.33. The van der Waals surface area contributed by atoms with Crippen LogP contribution in [0.25, 0.3) is 0 Å². The maximum atomic E-state index is 11.8. The molecule has 1 atom stereocenters. The number of carbonyl (C=O) groups excluding carboxylic acids is 1. The van der Waals surface area contributed by atoms with Crippen molar-refractivity contribution in [3.8, 4) is 0 Å². The number of rotatable bonds is 3. The lowest BCUT2D eigenvalue weighted by atomic mass is 9.90. The van der Waals surface area contributed by atoms with E-state index in [-0.39, 0.29) is 24.4 Å². The molecule has 1 fully saturated rings. The third-order valence-corrected chi connectivity index (χ3v) is 3.56. The summed E-state index contributed by atoms with van der Waals surface area (Å²) in [4.78, 5) is 17.8. The number of nitrogens with zero attached hydrogens (tertiary/aromatic N) is 2. The summed E-state index contributed by atoms with van der Waals surface area (Å²) in [6.45, 7) is 3.43. The molecule has 0 radical (unpaired) electrons. The van der Waals surface area contributed by atoms with Gasteiger partial charge in [0.1, 0.15) is 0 Å². The fraction of sp³-hybridized carbons (Fsp3) is 0.571. The van der Waals surface area contributed by atoms with Gasteiger partial charge in [-0.2, -0.15) is 0 Å². The molecule has 0 bridgehead atoms. The first kappa shape index (κ1) is 15.9. The second-order valence-electron chi connectivity index (χ2n) is 5.12. The molecule has 1 aromatic heterocycles. The van der Waals surface area contributed by atoms with Crippen molar-refractivity contribution in [3.05, 3.63) is 30.1 Å². The van der Waals surface area contributed by atoms with Crippen LogP contribution in [0, 0.1) is 5.92 Å². The summed E-state index contributed by atoms with van der Waals surface area (Å²) >= 11 is 0. The Morgan fingerprint density at radius 3 is 2.74 bits per heavy atom. The average molecular weight is 284 g/mol. The van der Waals surface area contributed by atoms with Crippen molar-refractivity contribution in [1.29, 1.82) is 0 Å². The van der Waals surface area contributed by atoms with Crippen molar-refractivity contribution in [3.63, 3.8) is 0 Å². The van der Waals surface area contributed by atoms with Gasteiger partial charge in [-0.1, -0.05) is 6.07 Å². The van der Waals surface area contributed by atoms with E-state index in [2.05, 4.69) is 11.1 Å². The van der Waals surface area contributed by atoms with E-state index in [0.29, 0.717) is 5.92 Å². The maximum Gasteiger partial charge on any atom is 0.239 e. The standard InChI is InChI=1S/C14H21N3O.ClH/c1-11(15)14(18)17-7-4-12(5-8-17)9-13-3-2-6-16-10-13;/h2-3,6,10-12H,4-5,7-9,15H2,1H3;1H/t11-;/m1./s1. The van der Waals surface area contributed by atoms with Gasteiger partial charge in [0, 0.05) is 25.5 Å². The summed E-state index contributed by atoms with van der Waals surface area (Å²) in [6, 6.07) is 3.72. The zero-order valence-electron chi connectivity index (χ0n) is 11.3. The molecule has 2 heterocycles. The van der Waals surface area contributed by atoms with Crippen LogP contribution in [-0.4, -0.2) is 34.9 Å². The Kier molecular flexibility index (Phi) is 6.25. The largest absolute Gasteiger partial charge is 0.341 e. The molecule has 106 valence electrons. The molecule has 0 saturated carbocycles. The first-order valence-electron chi connectivity index (χ1n) is 6.60. The van der Waals surface area contributed by atoms with E-state index in [4.69, 9.17) is 5.73 Å². The number of hydrogen-bond donors (Lipinski definition) is 1. The van der Waals surface area contributed by atoms with Crippen molar-refractivity contribution >= 4 is 18.3 Å². The second kappa shape index (κ2) is 7.46. The highest BCUT2D eigenvalue weighted by Gasteiger charge is 2.24. The van der Waals surface area contributed by atoms with E-state index in [1.807, 2.05) is 17.2 Å². The minimum atomic E-state index is -0.375. The Balaban J connectivity index is 0.00000180. The molecule has 0 aliphatic carbocycles. The topological polar surface area (TPSA) is 59.2 Å². The SMILES string of the molecule is C[C@@H](N)C(=O)N1CCC(Cc2cccnc2)CC1.Cl. The lowest BCUT2D eigenvalue weighted by molar-refractivity contribution is -0.133. The maximum absolute atomic E-state index is 11.8. The van der Waals surface area contributed by atoms with Gasteiger partial charge in [0.2, 0.25) is 5.91 Å². The van der Waals surface area contributed by atoms with Gasteiger partial charge in [-0.3, -0.25) is 9.78 Å².